The van der Waals surface area contributed by atoms with Crippen LogP contribution in [0.2, 0.25) is 0 Å². The van der Waals surface area contributed by atoms with Gasteiger partial charge in [0.25, 0.3) is 9.24 Å². The van der Waals surface area contributed by atoms with Crippen molar-refractivity contribution in [3.05, 3.63) is 0 Å². The summed E-state index contributed by atoms with van der Waals surface area (Å²) in [6.07, 6.45) is 1.05. The molecule has 0 aliphatic heterocycles. The minimum absolute atomic E-state index is 0.354. The van der Waals surface area contributed by atoms with E-state index in [1.54, 1.807) is 0 Å². The van der Waals surface area contributed by atoms with E-state index in [4.69, 9.17) is 10.7 Å². The highest BCUT2D eigenvalue weighted by Gasteiger charge is 2.08. The molecule has 1 unspecified atom stereocenters. The van der Waals surface area contributed by atoms with Gasteiger partial charge in [0, 0.05) is 29.8 Å². The van der Waals surface area contributed by atoms with Crippen molar-refractivity contribution < 1.29 is 8.42 Å². The van der Waals surface area contributed by atoms with Crippen molar-refractivity contribution in [1.82, 2.24) is 9.62 Å². The first-order valence-electron chi connectivity index (χ1n) is 4.26. The highest BCUT2D eigenvalue weighted by Crippen LogP contribution is 1.98. The molecule has 0 aliphatic carbocycles. The molecule has 0 aromatic carbocycles. The van der Waals surface area contributed by atoms with Crippen molar-refractivity contribution in [3.8, 4) is 0 Å². The molecule has 0 saturated heterocycles. The third kappa shape index (κ3) is 7.25. The number of nitrogens with zero attached hydrogens (tertiary/aromatic N) is 1. The molecule has 1 N–H and O–H groups in total. The molecule has 13 heavy (non-hydrogen) atoms. The Morgan fingerprint density at radius 3 is 2.46 bits per heavy atom. The molecule has 4 nitrogen and oxygen atoms in total. The van der Waals surface area contributed by atoms with Gasteiger partial charge in [0.2, 0.25) is 0 Å². The molecule has 0 radical (unpaired) electrons. The van der Waals surface area contributed by atoms with Gasteiger partial charge in [0.1, 0.15) is 0 Å². The van der Waals surface area contributed by atoms with Crippen LogP contribution in [-0.2, 0) is 9.24 Å². The SMILES string of the molecule is CCC(C)N(C)CCNS(=O)(=O)Cl. The number of halogens is 1. The van der Waals surface area contributed by atoms with Crippen molar-refractivity contribution in [2.45, 2.75) is 26.3 Å². The van der Waals surface area contributed by atoms with Crippen LogP contribution in [-0.4, -0.2) is 39.5 Å². The van der Waals surface area contributed by atoms with E-state index in [2.05, 4.69) is 23.5 Å². The maximum Gasteiger partial charge on any atom is 0.297 e. The van der Waals surface area contributed by atoms with Gasteiger partial charge in [-0.1, -0.05) is 6.92 Å². The van der Waals surface area contributed by atoms with E-state index in [1.165, 1.54) is 0 Å². The zero-order chi connectivity index (χ0) is 10.5. The van der Waals surface area contributed by atoms with E-state index in [-0.39, 0.29) is 0 Å². The zero-order valence-electron chi connectivity index (χ0n) is 8.25. The van der Waals surface area contributed by atoms with E-state index >= 15 is 0 Å². The van der Waals surface area contributed by atoms with E-state index in [0.29, 0.717) is 19.1 Å². The van der Waals surface area contributed by atoms with Gasteiger partial charge in [-0.2, -0.15) is 8.42 Å². The van der Waals surface area contributed by atoms with Gasteiger partial charge in [-0.15, -0.1) is 0 Å². The predicted octanol–water partition coefficient (Wildman–Crippen LogP) is 0.790. The molecule has 80 valence electrons. The fraction of sp³-hybridized carbons (Fsp3) is 1.00. The molecule has 0 rings (SSSR count). The predicted molar refractivity (Wildman–Crippen MR) is 55.2 cm³/mol. The van der Waals surface area contributed by atoms with Crippen LogP contribution in [0.4, 0.5) is 0 Å². The summed E-state index contributed by atoms with van der Waals surface area (Å²) in [5.41, 5.74) is 0. The first-order chi connectivity index (χ1) is 5.87. The van der Waals surface area contributed by atoms with Crippen LogP contribution in [0.5, 0.6) is 0 Å². The lowest BCUT2D eigenvalue weighted by molar-refractivity contribution is 0.256. The summed E-state index contributed by atoms with van der Waals surface area (Å²) < 4.78 is 23.2. The highest BCUT2D eigenvalue weighted by atomic mass is 35.7. The van der Waals surface area contributed by atoms with Crippen LogP contribution in [0, 0.1) is 0 Å². The first kappa shape index (κ1) is 13.2. The molecular formula is C7H17ClN2O2S. The average molecular weight is 229 g/mol. The van der Waals surface area contributed by atoms with Gasteiger partial charge in [0.05, 0.1) is 0 Å². The molecule has 0 fully saturated rings. The second-order valence-corrected chi connectivity index (χ2v) is 5.45. The Labute approximate surface area is 84.8 Å². The third-order valence-corrected chi connectivity index (χ3v) is 2.96. The molecule has 0 bridgehead atoms. The Morgan fingerprint density at radius 2 is 2.08 bits per heavy atom. The van der Waals surface area contributed by atoms with Crippen LogP contribution in [0.25, 0.3) is 0 Å². The largest absolute Gasteiger partial charge is 0.302 e. The van der Waals surface area contributed by atoms with Crippen LogP contribution in [0.1, 0.15) is 20.3 Å². The fourth-order valence-electron chi connectivity index (χ4n) is 0.876. The Hall–Kier alpha value is 0.160. The summed E-state index contributed by atoms with van der Waals surface area (Å²) in [6.45, 7) is 5.20. The summed E-state index contributed by atoms with van der Waals surface area (Å²) in [7, 11) is 3.37. The Balaban J connectivity index is 3.65. The number of hydrogen-bond acceptors (Lipinski definition) is 3. The fourth-order valence-corrected chi connectivity index (χ4v) is 1.44. The topological polar surface area (TPSA) is 49.4 Å². The van der Waals surface area contributed by atoms with Gasteiger partial charge in [-0.25, -0.2) is 4.72 Å². The summed E-state index contributed by atoms with van der Waals surface area (Å²) in [4.78, 5) is 2.08. The summed E-state index contributed by atoms with van der Waals surface area (Å²) in [5.74, 6) is 0. The van der Waals surface area contributed by atoms with Crippen LogP contribution < -0.4 is 4.72 Å². The van der Waals surface area contributed by atoms with Gasteiger partial charge in [-0.05, 0) is 20.4 Å². The molecule has 0 aromatic rings. The maximum atomic E-state index is 10.5. The van der Waals surface area contributed by atoms with Gasteiger partial charge in [-0.3, -0.25) is 0 Å². The lowest BCUT2D eigenvalue weighted by Gasteiger charge is -2.22. The Kier molecular flexibility index (Phi) is 5.87. The van der Waals surface area contributed by atoms with Crippen molar-refractivity contribution in [2.24, 2.45) is 0 Å². The standard InChI is InChI=1S/C7H17ClN2O2S/c1-4-7(2)10(3)6-5-9-13(8,11)12/h7,9H,4-6H2,1-3H3. The molecule has 6 heteroatoms. The smallest absolute Gasteiger partial charge is 0.297 e. The van der Waals surface area contributed by atoms with E-state index in [0.717, 1.165) is 6.42 Å². The molecule has 1 atom stereocenters. The van der Waals surface area contributed by atoms with Gasteiger partial charge in [0.15, 0.2) is 0 Å². The van der Waals surface area contributed by atoms with Crippen molar-refractivity contribution in [1.29, 1.82) is 0 Å². The van der Waals surface area contributed by atoms with Crippen LogP contribution >= 0.6 is 10.7 Å². The minimum atomic E-state index is -3.56. The Bertz CT molecular complexity index is 231. The van der Waals surface area contributed by atoms with Crippen molar-refractivity contribution in [3.63, 3.8) is 0 Å². The monoisotopic (exact) mass is 228 g/mol. The van der Waals surface area contributed by atoms with E-state index < -0.39 is 9.24 Å². The summed E-state index contributed by atoms with van der Waals surface area (Å²) >= 11 is 0. The molecule has 0 aliphatic rings. The Morgan fingerprint density at radius 1 is 1.54 bits per heavy atom. The minimum Gasteiger partial charge on any atom is -0.302 e. The zero-order valence-corrected chi connectivity index (χ0v) is 9.82. The molecule has 0 aromatic heterocycles. The molecular weight excluding hydrogens is 212 g/mol. The number of rotatable bonds is 6. The van der Waals surface area contributed by atoms with Crippen LogP contribution in [0.15, 0.2) is 0 Å². The molecule has 0 heterocycles. The first-order valence-corrected chi connectivity index (χ1v) is 6.57. The summed E-state index contributed by atoms with van der Waals surface area (Å²) in [5, 5.41) is 0. The van der Waals surface area contributed by atoms with Gasteiger partial charge >= 0.3 is 0 Å². The molecule has 0 saturated carbocycles. The lowest BCUT2D eigenvalue weighted by Crippen LogP contribution is -2.35. The number of nitrogens with one attached hydrogen (secondary N) is 1. The quantitative estimate of drug-likeness (QED) is 0.684. The normalized spacial score (nSPS) is 14.8. The second kappa shape index (κ2) is 5.80. The number of likely N-dealkylation sites (N-methyl/N-ethyl adjacent to an activating group) is 1. The highest BCUT2D eigenvalue weighted by molar-refractivity contribution is 8.12. The summed E-state index contributed by atoms with van der Waals surface area (Å²) in [6, 6.07) is 0.458. The van der Waals surface area contributed by atoms with Crippen molar-refractivity contribution >= 4 is 19.9 Å². The van der Waals surface area contributed by atoms with Crippen LogP contribution in [0.3, 0.4) is 0 Å². The van der Waals surface area contributed by atoms with Gasteiger partial charge < -0.3 is 4.90 Å². The van der Waals surface area contributed by atoms with E-state index in [1.807, 2.05) is 7.05 Å². The second-order valence-electron chi connectivity index (χ2n) is 3.07. The molecule has 0 amide bonds. The van der Waals surface area contributed by atoms with Crippen molar-refractivity contribution in [2.75, 3.05) is 20.1 Å². The lowest BCUT2D eigenvalue weighted by atomic mass is 10.2. The maximum absolute atomic E-state index is 10.5. The van der Waals surface area contributed by atoms with E-state index in [9.17, 15) is 8.42 Å². The molecule has 0 spiro atoms. The number of hydrogen-bond donors (Lipinski definition) is 1. The average Bonchev–Trinajstić information content (AvgIpc) is 2.00. The third-order valence-electron chi connectivity index (χ3n) is 2.08.